The molecule has 23 heavy (non-hydrogen) atoms. The molecule has 1 aromatic rings. The van der Waals surface area contributed by atoms with E-state index >= 15 is 0 Å². The van der Waals surface area contributed by atoms with E-state index in [-0.39, 0.29) is 0 Å². The molecule has 3 saturated heterocycles. The lowest BCUT2D eigenvalue weighted by atomic mass is 9.51. The summed E-state index contributed by atoms with van der Waals surface area (Å²) in [5.41, 5.74) is -3.02. The number of hydrogen-bond donors (Lipinski definition) is 1. The van der Waals surface area contributed by atoms with Crippen LogP contribution in [0.2, 0.25) is 0 Å². The van der Waals surface area contributed by atoms with Gasteiger partial charge in [0, 0.05) is 19.3 Å². The molecule has 3 fully saturated rings. The van der Waals surface area contributed by atoms with Gasteiger partial charge >= 0.3 is 0 Å². The quantitative estimate of drug-likeness (QED) is 0.846. The normalized spacial score (nSPS) is 37.1. The van der Waals surface area contributed by atoms with Gasteiger partial charge in [-0.2, -0.15) is 15.8 Å². The molecular weight excluding hydrogens is 294 g/mol. The maximum Gasteiger partial charge on any atom is 0.215 e. The third kappa shape index (κ3) is 1.49. The molecule has 0 saturated carbocycles. The molecule has 0 spiro atoms. The van der Waals surface area contributed by atoms with Gasteiger partial charge in [-0.3, -0.25) is 10.4 Å². The Balaban J connectivity index is 2.35. The Morgan fingerprint density at radius 1 is 1.17 bits per heavy atom. The lowest BCUT2D eigenvalue weighted by Gasteiger charge is -2.60. The summed E-state index contributed by atoms with van der Waals surface area (Å²) in [5, 5.41) is 37.7. The Kier molecular flexibility index (Phi) is 2.94. The fourth-order valence-electron chi connectivity index (χ4n) is 3.51. The number of nitrogens with zero attached hydrogens (tertiary/aromatic N) is 4. The number of nitriles is 3. The van der Waals surface area contributed by atoms with Crippen molar-refractivity contribution in [2.45, 2.75) is 25.7 Å². The van der Waals surface area contributed by atoms with Gasteiger partial charge < -0.3 is 9.47 Å². The molecule has 0 radical (unpaired) electrons. The first-order chi connectivity index (χ1) is 10.9. The number of ether oxygens (including phenoxy) is 2. The van der Waals surface area contributed by atoms with Gasteiger partial charge in [-0.15, -0.1) is 0 Å². The second-order valence-electron chi connectivity index (χ2n) is 5.90. The van der Waals surface area contributed by atoms with E-state index in [1.807, 2.05) is 18.2 Å². The zero-order valence-corrected chi connectivity index (χ0v) is 12.6. The minimum absolute atomic E-state index is 0.406. The van der Waals surface area contributed by atoms with Gasteiger partial charge in [0.25, 0.3) is 0 Å². The standard InChI is InChI=1S/C16H13N5O2/c1-10-14(2)22-12(11-3-5-21-6-4-11)16(9-19,13(20)23-14)15(10,7-17)8-18/h3-6,10,12,20H,1-2H3/t10-,12+,14+,16-/m0/s1. The maximum atomic E-state index is 9.90. The fourth-order valence-corrected chi connectivity index (χ4v) is 3.51. The molecule has 4 rings (SSSR count). The van der Waals surface area contributed by atoms with E-state index in [4.69, 9.17) is 14.9 Å². The first-order valence-corrected chi connectivity index (χ1v) is 7.01. The zero-order valence-electron chi connectivity index (χ0n) is 12.6. The molecule has 7 nitrogen and oxygen atoms in total. The molecule has 3 aliphatic heterocycles. The number of aromatic nitrogens is 1. The van der Waals surface area contributed by atoms with Crippen LogP contribution in [0.5, 0.6) is 0 Å². The molecule has 0 aromatic carbocycles. The highest BCUT2D eigenvalue weighted by molar-refractivity contribution is 5.88. The molecular formula is C16H13N5O2. The van der Waals surface area contributed by atoms with Crippen molar-refractivity contribution in [3.05, 3.63) is 30.1 Å². The summed E-state index contributed by atoms with van der Waals surface area (Å²) in [6.07, 6.45) is 2.10. The van der Waals surface area contributed by atoms with E-state index in [0.29, 0.717) is 5.56 Å². The van der Waals surface area contributed by atoms with Crippen molar-refractivity contribution in [3.8, 4) is 18.2 Å². The first kappa shape index (κ1) is 15.0. The van der Waals surface area contributed by atoms with Gasteiger partial charge in [0.2, 0.25) is 11.7 Å². The predicted molar refractivity (Wildman–Crippen MR) is 76.1 cm³/mol. The number of rotatable bonds is 1. The van der Waals surface area contributed by atoms with Gasteiger partial charge in [0.15, 0.2) is 10.8 Å². The van der Waals surface area contributed by atoms with Crippen LogP contribution >= 0.6 is 0 Å². The minimum Gasteiger partial charge on any atom is -0.448 e. The average molecular weight is 307 g/mol. The van der Waals surface area contributed by atoms with Crippen LogP contribution in [0.25, 0.3) is 0 Å². The summed E-state index contributed by atoms with van der Waals surface area (Å²) in [7, 11) is 0. The van der Waals surface area contributed by atoms with Crippen LogP contribution in [0.1, 0.15) is 25.5 Å². The van der Waals surface area contributed by atoms with Crippen LogP contribution in [0.3, 0.4) is 0 Å². The summed E-state index contributed by atoms with van der Waals surface area (Å²) in [5.74, 6) is -2.46. The molecule has 0 amide bonds. The highest BCUT2D eigenvalue weighted by Gasteiger charge is 2.77. The molecule has 1 N–H and O–H groups in total. The van der Waals surface area contributed by atoms with E-state index in [1.54, 1.807) is 26.0 Å². The van der Waals surface area contributed by atoms with Crippen LogP contribution in [-0.4, -0.2) is 16.7 Å². The molecule has 4 atom stereocenters. The predicted octanol–water partition coefficient (Wildman–Crippen LogP) is 2.06. The van der Waals surface area contributed by atoms with Crippen molar-refractivity contribution in [3.63, 3.8) is 0 Å². The van der Waals surface area contributed by atoms with Gasteiger partial charge in [-0.25, -0.2) is 0 Å². The van der Waals surface area contributed by atoms with Gasteiger partial charge in [-0.05, 0) is 17.7 Å². The highest BCUT2D eigenvalue weighted by Crippen LogP contribution is 2.66. The molecule has 7 heteroatoms. The van der Waals surface area contributed by atoms with E-state index < -0.39 is 34.5 Å². The Labute approximate surface area is 133 Å². The van der Waals surface area contributed by atoms with Crippen LogP contribution in [0, 0.1) is 56.2 Å². The highest BCUT2D eigenvalue weighted by atomic mass is 16.7. The molecule has 4 heterocycles. The van der Waals surface area contributed by atoms with Gasteiger partial charge in [0.1, 0.15) is 6.10 Å². The largest absolute Gasteiger partial charge is 0.448 e. The van der Waals surface area contributed by atoms with Crippen LogP contribution in [0.15, 0.2) is 24.5 Å². The Morgan fingerprint density at radius 2 is 1.78 bits per heavy atom. The van der Waals surface area contributed by atoms with Gasteiger partial charge in [-0.1, -0.05) is 6.92 Å². The van der Waals surface area contributed by atoms with E-state index in [9.17, 15) is 15.8 Å². The lowest BCUT2D eigenvalue weighted by molar-refractivity contribution is -0.338. The first-order valence-electron chi connectivity index (χ1n) is 7.01. The van der Waals surface area contributed by atoms with Crippen LogP contribution in [-0.2, 0) is 9.47 Å². The smallest absolute Gasteiger partial charge is 0.215 e. The minimum atomic E-state index is -1.84. The lowest BCUT2D eigenvalue weighted by Crippen LogP contribution is -2.71. The Bertz CT molecular complexity index is 788. The Hall–Kier alpha value is -2.95. The van der Waals surface area contributed by atoms with Crippen molar-refractivity contribution in [1.29, 1.82) is 21.2 Å². The monoisotopic (exact) mass is 307 g/mol. The van der Waals surface area contributed by atoms with Crippen LogP contribution in [0.4, 0.5) is 0 Å². The summed E-state index contributed by atoms with van der Waals surface area (Å²) < 4.78 is 11.5. The van der Waals surface area contributed by atoms with E-state index in [2.05, 4.69) is 4.98 Å². The summed E-state index contributed by atoms with van der Waals surface area (Å²) in [6.45, 7) is 3.22. The average Bonchev–Trinajstić information content (AvgIpc) is 2.57. The zero-order chi connectivity index (χ0) is 16.9. The van der Waals surface area contributed by atoms with E-state index in [1.165, 1.54) is 12.4 Å². The van der Waals surface area contributed by atoms with Crippen molar-refractivity contribution in [2.24, 2.45) is 16.7 Å². The summed E-state index contributed by atoms with van der Waals surface area (Å²) in [4.78, 5) is 3.93. The second kappa shape index (κ2) is 4.52. The van der Waals surface area contributed by atoms with Crippen LogP contribution < -0.4 is 0 Å². The van der Waals surface area contributed by atoms with E-state index in [0.717, 1.165) is 0 Å². The summed E-state index contributed by atoms with van der Waals surface area (Å²) in [6, 6.07) is 9.28. The van der Waals surface area contributed by atoms with Crippen molar-refractivity contribution in [2.75, 3.05) is 0 Å². The number of nitrogens with one attached hydrogen (secondary N) is 1. The third-order valence-corrected chi connectivity index (χ3v) is 5.00. The molecule has 2 bridgehead atoms. The Morgan fingerprint density at radius 3 is 2.30 bits per heavy atom. The molecule has 1 aromatic heterocycles. The molecule has 0 aliphatic carbocycles. The number of pyridine rings is 1. The van der Waals surface area contributed by atoms with Crippen molar-refractivity contribution < 1.29 is 9.47 Å². The number of fused-ring (bicyclic) bond motifs is 3. The third-order valence-electron chi connectivity index (χ3n) is 5.00. The fraction of sp³-hybridized carbons (Fsp3) is 0.438. The van der Waals surface area contributed by atoms with Crippen molar-refractivity contribution >= 4 is 5.90 Å². The topological polar surface area (TPSA) is 127 Å². The maximum absolute atomic E-state index is 9.90. The van der Waals surface area contributed by atoms with Gasteiger partial charge in [0.05, 0.1) is 24.1 Å². The molecule has 0 unspecified atom stereocenters. The molecule has 114 valence electrons. The van der Waals surface area contributed by atoms with Crippen molar-refractivity contribution in [1.82, 2.24) is 4.98 Å². The number of hydrogen-bond acceptors (Lipinski definition) is 7. The summed E-state index contributed by atoms with van der Waals surface area (Å²) >= 11 is 0. The SMILES string of the molecule is C[C@@H]1C(C#N)(C#N)[C@]2(C#N)C(=N)O[C@@]1(C)O[C@@H]2c1ccncc1. The molecule has 3 aliphatic rings. The second-order valence-corrected chi connectivity index (χ2v) is 5.90.